The molecule has 5 heteroatoms. The number of carbonyl (C=O) groups is 1. The van der Waals surface area contributed by atoms with Gasteiger partial charge in [0.15, 0.2) is 0 Å². The monoisotopic (exact) mass is 412 g/mol. The number of nitriles is 1. The number of aromatic amines is 1. The highest BCUT2D eigenvalue weighted by Gasteiger charge is 2.11. The summed E-state index contributed by atoms with van der Waals surface area (Å²) in [5.74, 6) is 0.0843. The zero-order valence-electron chi connectivity index (χ0n) is 15.9. The molecule has 0 saturated heterocycles. The Balaban J connectivity index is 1.51. The summed E-state index contributed by atoms with van der Waals surface area (Å²) in [6, 6.07) is 24.2. The third kappa shape index (κ3) is 4.43. The fraction of sp³-hybridized carbons (Fsp3) is 0.0400. The Kier molecular flexibility index (Phi) is 5.65. The number of ether oxygens (including phenoxy) is 1. The Morgan fingerprint density at radius 2 is 1.87 bits per heavy atom. The predicted molar refractivity (Wildman–Crippen MR) is 119 cm³/mol. The number of para-hydroxylation sites is 1. The van der Waals surface area contributed by atoms with Crippen molar-refractivity contribution in [1.29, 1.82) is 5.26 Å². The molecule has 146 valence electrons. The molecule has 0 aliphatic carbocycles. The molecule has 1 N–H and O–H groups in total. The summed E-state index contributed by atoms with van der Waals surface area (Å²) in [5.41, 5.74) is 3.90. The second-order valence-electron chi connectivity index (χ2n) is 6.76. The number of nitrogens with zero attached hydrogens (tertiary/aromatic N) is 1. The molecule has 0 bridgehead atoms. The van der Waals surface area contributed by atoms with Crippen LogP contribution in [-0.2, 0) is 11.2 Å². The lowest BCUT2D eigenvalue weighted by Crippen LogP contribution is -2.11. The van der Waals surface area contributed by atoms with Gasteiger partial charge in [0.05, 0.1) is 18.1 Å². The Hall–Kier alpha value is -3.81. The van der Waals surface area contributed by atoms with Crippen LogP contribution < -0.4 is 4.74 Å². The number of allylic oxidation sites excluding steroid dienone is 1. The van der Waals surface area contributed by atoms with Crippen molar-refractivity contribution in [2.24, 2.45) is 0 Å². The lowest BCUT2D eigenvalue weighted by Gasteiger charge is -2.06. The summed E-state index contributed by atoms with van der Waals surface area (Å²) in [6.07, 6.45) is 3.74. The summed E-state index contributed by atoms with van der Waals surface area (Å²) in [5, 5.41) is 11.1. The van der Waals surface area contributed by atoms with Crippen molar-refractivity contribution in [3.63, 3.8) is 0 Å². The lowest BCUT2D eigenvalue weighted by molar-refractivity contribution is -0.133. The highest BCUT2D eigenvalue weighted by molar-refractivity contribution is 6.30. The number of hydrogen-bond donors (Lipinski definition) is 1. The van der Waals surface area contributed by atoms with E-state index in [4.69, 9.17) is 16.3 Å². The summed E-state index contributed by atoms with van der Waals surface area (Å²) < 4.78 is 5.53. The SMILES string of the molecule is N#C/C(=C/c1cccc(OC(=O)Cc2c[nH]c3ccccc23)c1)c1ccc(Cl)cc1. The fourth-order valence-corrected chi connectivity index (χ4v) is 3.37. The molecular weight excluding hydrogens is 396 g/mol. The third-order valence-corrected chi connectivity index (χ3v) is 4.94. The van der Waals surface area contributed by atoms with Gasteiger partial charge in [-0.15, -0.1) is 0 Å². The van der Waals surface area contributed by atoms with E-state index in [2.05, 4.69) is 11.1 Å². The molecular formula is C25H17ClN2O2. The van der Waals surface area contributed by atoms with Crippen LogP contribution in [0, 0.1) is 11.3 Å². The van der Waals surface area contributed by atoms with Gasteiger partial charge >= 0.3 is 5.97 Å². The molecule has 4 nitrogen and oxygen atoms in total. The van der Waals surface area contributed by atoms with Gasteiger partial charge < -0.3 is 9.72 Å². The fourth-order valence-electron chi connectivity index (χ4n) is 3.24. The summed E-state index contributed by atoms with van der Waals surface area (Å²) in [4.78, 5) is 15.6. The number of rotatable bonds is 5. The van der Waals surface area contributed by atoms with E-state index in [1.54, 1.807) is 48.5 Å². The van der Waals surface area contributed by atoms with E-state index in [1.807, 2.05) is 36.5 Å². The number of carbonyl (C=O) groups excluding carboxylic acids is 1. The number of esters is 1. The molecule has 1 heterocycles. The first-order chi connectivity index (χ1) is 14.6. The maximum atomic E-state index is 12.5. The second kappa shape index (κ2) is 8.69. The van der Waals surface area contributed by atoms with Crippen molar-refractivity contribution < 1.29 is 9.53 Å². The molecule has 4 rings (SSSR count). The van der Waals surface area contributed by atoms with Gasteiger partial charge in [0.25, 0.3) is 0 Å². The van der Waals surface area contributed by atoms with E-state index < -0.39 is 0 Å². The van der Waals surface area contributed by atoms with Crippen LogP contribution in [0.5, 0.6) is 5.75 Å². The Bertz CT molecular complexity index is 1280. The van der Waals surface area contributed by atoms with Crippen LogP contribution in [-0.4, -0.2) is 11.0 Å². The van der Waals surface area contributed by atoms with Gasteiger partial charge in [-0.2, -0.15) is 5.26 Å². The normalized spacial score (nSPS) is 11.3. The van der Waals surface area contributed by atoms with Gasteiger partial charge in [0, 0.05) is 22.1 Å². The Morgan fingerprint density at radius 1 is 1.07 bits per heavy atom. The van der Waals surface area contributed by atoms with Gasteiger partial charge in [-0.3, -0.25) is 4.79 Å². The van der Waals surface area contributed by atoms with Crippen LogP contribution in [0.4, 0.5) is 0 Å². The smallest absolute Gasteiger partial charge is 0.315 e. The molecule has 0 saturated carbocycles. The van der Waals surface area contributed by atoms with Gasteiger partial charge in [-0.1, -0.05) is 54.1 Å². The Labute approximate surface area is 179 Å². The quantitative estimate of drug-likeness (QED) is 0.188. The van der Waals surface area contributed by atoms with Gasteiger partial charge in [-0.25, -0.2) is 0 Å². The molecule has 1 aromatic heterocycles. The van der Waals surface area contributed by atoms with Gasteiger partial charge in [0.1, 0.15) is 5.75 Å². The maximum absolute atomic E-state index is 12.5. The first-order valence-corrected chi connectivity index (χ1v) is 9.73. The number of H-pyrrole nitrogens is 1. The summed E-state index contributed by atoms with van der Waals surface area (Å²) in [7, 11) is 0. The minimum absolute atomic E-state index is 0.165. The average molecular weight is 413 g/mol. The highest BCUT2D eigenvalue weighted by Crippen LogP contribution is 2.23. The van der Waals surface area contributed by atoms with Crippen LogP contribution >= 0.6 is 11.6 Å². The summed E-state index contributed by atoms with van der Waals surface area (Å²) in [6.45, 7) is 0. The number of hydrogen-bond acceptors (Lipinski definition) is 3. The van der Waals surface area contributed by atoms with Crippen molar-refractivity contribution in [3.8, 4) is 11.8 Å². The standard InChI is InChI=1S/C25H17ClN2O2/c26-21-10-8-18(9-11-21)19(15-27)12-17-4-3-5-22(13-17)30-25(29)14-20-16-28-24-7-2-1-6-23(20)24/h1-13,16,28H,14H2/b19-12-. The molecule has 0 aliphatic rings. The molecule has 30 heavy (non-hydrogen) atoms. The molecule has 0 atom stereocenters. The van der Waals surface area contributed by atoms with Crippen molar-refractivity contribution >= 4 is 40.1 Å². The van der Waals surface area contributed by atoms with E-state index in [0.29, 0.717) is 16.3 Å². The van der Waals surface area contributed by atoms with Crippen molar-refractivity contribution in [1.82, 2.24) is 4.98 Å². The summed E-state index contributed by atoms with van der Waals surface area (Å²) >= 11 is 5.92. The van der Waals surface area contributed by atoms with Crippen LogP contribution in [0.15, 0.2) is 79.0 Å². The number of fused-ring (bicyclic) bond motifs is 1. The third-order valence-electron chi connectivity index (χ3n) is 4.69. The molecule has 3 aromatic carbocycles. The molecule has 0 unspecified atom stereocenters. The molecule has 0 spiro atoms. The average Bonchev–Trinajstić information content (AvgIpc) is 3.16. The lowest BCUT2D eigenvalue weighted by atomic mass is 10.0. The van der Waals surface area contributed by atoms with E-state index in [1.165, 1.54) is 0 Å². The van der Waals surface area contributed by atoms with Gasteiger partial charge in [0.2, 0.25) is 0 Å². The number of nitrogens with one attached hydrogen (secondary N) is 1. The molecule has 0 radical (unpaired) electrons. The Morgan fingerprint density at radius 3 is 2.67 bits per heavy atom. The first kappa shape index (κ1) is 19.5. The van der Waals surface area contributed by atoms with E-state index in [9.17, 15) is 10.1 Å². The zero-order valence-corrected chi connectivity index (χ0v) is 16.7. The number of aromatic nitrogens is 1. The van der Waals surface area contributed by atoms with Crippen LogP contribution in [0.25, 0.3) is 22.6 Å². The number of benzene rings is 3. The van der Waals surface area contributed by atoms with Crippen molar-refractivity contribution in [2.75, 3.05) is 0 Å². The number of halogens is 1. The zero-order chi connectivity index (χ0) is 20.9. The van der Waals surface area contributed by atoms with Crippen LogP contribution in [0.1, 0.15) is 16.7 Å². The topological polar surface area (TPSA) is 65.9 Å². The van der Waals surface area contributed by atoms with Crippen LogP contribution in [0.3, 0.4) is 0 Å². The van der Waals surface area contributed by atoms with E-state index >= 15 is 0 Å². The largest absolute Gasteiger partial charge is 0.426 e. The van der Waals surface area contributed by atoms with Crippen molar-refractivity contribution in [3.05, 3.63) is 101 Å². The molecule has 4 aromatic rings. The minimum atomic E-state index is -0.348. The first-order valence-electron chi connectivity index (χ1n) is 9.36. The van der Waals surface area contributed by atoms with E-state index in [-0.39, 0.29) is 12.4 Å². The molecule has 0 fully saturated rings. The van der Waals surface area contributed by atoms with Crippen molar-refractivity contribution in [2.45, 2.75) is 6.42 Å². The molecule has 0 amide bonds. The predicted octanol–water partition coefficient (Wildman–Crippen LogP) is 6.03. The minimum Gasteiger partial charge on any atom is -0.426 e. The highest BCUT2D eigenvalue weighted by atomic mass is 35.5. The van der Waals surface area contributed by atoms with E-state index in [0.717, 1.165) is 27.6 Å². The second-order valence-corrected chi connectivity index (χ2v) is 7.20. The van der Waals surface area contributed by atoms with Gasteiger partial charge in [-0.05, 0) is 53.1 Å². The van der Waals surface area contributed by atoms with Crippen LogP contribution in [0.2, 0.25) is 5.02 Å². The maximum Gasteiger partial charge on any atom is 0.315 e. The molecule has 0 aliphatic heterocycles.